The normalized spacial score (nSPS) is 11.1. The van der Waals surface area contributed by atoms with Crippen LogP contribution in [0.15, 0.2) is 45.8 Å². The highest BCUT2D eigenvalue weighted by molar-refractivity contribution is 9.10. The third-order valence-electron chi connectivity index (χ3n) is 2.82. The van der Waals surface area contributed by atoms with Crippen molar-refractivity contribution >= 4 is 37.6 Å². The number of hydrogen-bond acceptors (Lipinski definition) is 4. The van der Waals surface area contributed by atoms with Gasteiger partial charge in [-0.25, -0.2) is 22.0 Å². The number of benzene rings is 2. The Morgan fingerprint density at radius 2 is 1.78 bits per heavy atom. The summed E-state index contributed by atoms with van der Waals surface area (Å²) in [4.78, 5) is 10.6. The number of carbonyl (C=O) groups excluding carboxylic acids is 1. The van der Waals surface area contributed by atoms with E-state index in [0.717, 1.165) is 25.3 Å². The summed E-state index contributed by atoms with van der Waals surface area (Å²) >= 11 is 3.14. The van der Waals surface area contributed by atoms with Gasteiger partial charge in [0.2, 0.25) is 0 Å². The van der Waals surface area contributed by atoms with Crippen LogP contribution in [0.5, 0.6) is 0 Å². The predicted octanol–water partition coefficient (Wildman–Crippen LogP) is 3.31. The summed E-state index contributed by atoms with van der Waals surface area (Å²) in [7, 11) is -3.45. The first-order chi connectivity index (χ1) is 10.8. The van der Waals surface area contributed by atoms with E-state index in [0.29, 0.717) is 4.47 Å². The van der Waals surface area contributed by atoms with Crippen LogP contribution in [-0.4, -0.2) is 21.5 Å². The van der Waals surface area contributed by atoms with Gasteiger partial charge in [-0.2, -0.15) is 0 Å². The number of anilines is 1. The van der Waals surface area contributed by atoms with Crippen LogP contribution < -0.4 is 4.72 Å². The van der Waals surface area contributed by atoms with Crippen LogP contribution in [0.4, 0.5) is 14.5 Å². The third kappa shape index (κ3) is 3.67. The van der Waals surface area contributed by atoms with Crippen LogP contribution in [0, 0.1) is 11.6 Å². The van der Waals surface area contributed by atoms with Gasteiger partial charge in [0.1, 0.15) is 11.6 Å². The molecule has 0 heterocycles. The number of nitrogens with one attached hydrogen (secondary N) is 1. The summed E-state index contributed by atoms with van der Waals surface area (Å²) in [5, 5.41) is 0. The number of rotatable bonds is 4. The lowest BCUT2D eigenvalue weighted by Gasteiger charge is -2.13. The second kappa shape index (κ2) is 6.63. The van der Waals surface area contributed by atoms with Crippen molar-refractivity contribution in [1.82, 2.24) is 0 Å². The van der Waals surface area contributed by atoms with Crippen LogP contribution >= 0.6 is 15.9 Å². The molecule has 2 aromatic rings. The maximum absolute atomic E-state index is 13.7. The molecule has 2 aromatic carbocycles. The molecule has 23 heavy (non-hydrogen) atoms. The Balaban J connectivity index is 2.52. The summed E-state index contributed by atoms with van der Waals surface area (Å²) in [6.07, 6.45) is 0. The lowest BCUT2D eigenvalue weighted by Crippen LogP contribution is -2.18. The van der Waals surface area contributed by atoms with E-state index >= 15 is 0 Å². The molecule has 0 radical (unpaired) electrons. The fourth-order valence-corrected chi connectivity index (χ4v) is 3.40. The Hall–Kier alpha value is -2.00. The first-order valence-corrected chi connectivity index (χ1v) is 8.38. The first kappa shape index (κ1) is 17.4. The fraction of sp³-hybridized carbons (Fsp3) is 0.0714. The number of carbonyl (C=O) groups is 1. The molecule has 0 fully saturated rings. The molecule has 0 unspecified atom stereocenters. The Kier molecular flexibility index (Phi) is 5.00. The van der Waals surface area contributed by atoms with E-state index in [1.807, 2.05) is 4.72 Å². The van der Waals surface area contributed by atoms with Gasteiger partial charge in [-0.3, -0.25) is 4.72 Å². The van der Waals surface area contributed by atoms with Crippen LogP contribution in [0.25, 0.3) is 0 Å². The molecular weight excluding hydrogens is 396 g/mol. The minimum absolute atomic E-state index is 0.109. The van der Waals surface area contributed by atoms with Gasteiger partial charge in [0.15, 0.2) is 4.90 Å². The maximum atomic E-state index is 13.7. The molecule has 0 saturated carbocycles. The average Bonchev–Trinajstić information content (AvgIpc) is 2.47. The summed E-state index contributed by atoms with van der Waals surface area (Å²) in [6, 6.07) is 6.74. The summed E-state index contributed by atoms with van der Waals surface area (Å²) in [5.74, 6) is -3.29. The van der Waals surface area contributed by atoms with Crippen molar-refractivity contribution in [1.29, 1.82) is 0 Å². The number of methoxy groups -OCH3 is 1. The average molecular weight is 406 g/mol. The van der Waals surface area contributed by atoms with Crippen molar-refractivity contribution in [3.05, 3.63) is 58.1 Å². The molecule has 0 spiro atoms. The topological polar surface area (TPSA) is 72.5 Å². The molecule has 9 heteroatoms. The second-order valence-corrected chi connectivity index (χ2v) is 6.87. The van der Waals surface area contributed by atoms with Gasteiger partial charge in [0.05, 0.1) is 18.4 Å². The summed E-state index contributed by atoms with van der Waals surface area (Å²) in [6.45, 7) is 0. The Bertz CT molecular complexity index is 851. The highest BCUT2D eigenvalue weighted by Crippen LogP contribution is 2.26. The second-order valence-electron chi connectivity index (χ2n) is 4.34. The van der Waals surface area contributed by atoms with E-state index in [-0.39, 0.29) is 11.3 Å². The van der Waals surface area contributed by atoms with Crippen LogP contribution in [0.1, 0.15) is 10.4 Å². The maximum Gasteiger partial charge on any atom is 0.340 e. The Morgan fingerprint density at radius 1 is 1.17 bits per heavy atom. The highest BCUT2D eigenvalue weighted by atomic mass is 79.9. The minimum atomic E-state index is -4.57. The third-order valence-corrected chi connectivity index (χ3v) is 4.73. The molecular formula is C14H10BrF2NO4S. The summed E-state index contributed by atoms with van der Waals surface area (Å²) in [5.41, 5.74) is -0.273. The molecule has 0 atom stereocenters. The molecule has 0 bridgehead atoms. The minimum Gasteiger partial charge on any atom is -0.465 e. The molecule has 0 aliphatic heterocycles. The zero-order valence-electron chi connectivity index (χ0n) is 11.6. The van der Waals surface area contributed by atoms with Crippen molar-refractivity contribution in [2.45, 2.75) is 4.90 Å². The molecule has 0 saturated heterocycles. The molecule has 5 nitrogen and oxygen atoms in total. The van der Waals surface area contributed by atoms with E-state index in [4.69, 9.17) is 0 Å². The fourth-order valence-electron chi connectivity index (χ4n) is 1.82. The monoisotopic (exact) mass is 405 g/mol. The zero-order valence-corrected chi connectivity index (χ0v) is 14.0. The van der Waals surface area contributed by atoms with Crippen molar-refractivity contribution < 1.29 is 26.7 Å². The van der Waals surface area contributed by atoms with Crippen LogP contribution in [-0.2, 0) is 14.8 Å². The van der Waals surface area contributed by atoms with Gasteiger partial charge in [-0.05, 0) is 30.3 Å². The molecule has 0 aliphatic carbocycles. The number of halogens is 3. The lowest BCUT2D eigenvalue weighted by molar-refractivity contribution is 0.0602. The SMILES string of the molecule is COC(=O)c1cc(Br)ccc1NS(=O)(=O)c1c(F)cccc1F. The standard InChI is InChI=1S/C14H10BrF2NO4S/c1-22-14(19)9-7-8(15)5-6-12(9)18-23(20,21)13-10(16)3-2-4-11(13)17/h2-7,18H,1H3. The molecule has 0 aromatic heterocycles. The van der Waals surface area contributed by atoms with E-state index < -0.39 is 32.5 Å². The van der Waals surface area contributed by atoms with Gasteiger partial charge in [0, 0.05) is 4.47 Å². The van der Waals surface area contributed by atoms with E-state index in [1.54, 1.807) is 0 Å². The lowest BCUT2D eigenvalue weighted by atomic mass is 10.2. The predicted molar refractivity (Wildman–Crippen MR) is 82.6 cm³/mol. The Labute approximate surface area is 139 Å². The smallest absolute Gasteiger partial charge is 0.340 e. The number of hydrogen-bond donors (Lipinski definition) is 1. The van der Waals surface area contributed by atoms with Gasteiger partial charge >= 0.3 is 5.97 Å². The molecule has 2 rings (SSSR count). The van der Waals surface area contributed by atoms with Gasteiger partial charge < -0.3 is 4.74 Å². The van der Waals surface area contributed by atoms with Crippen LogP contribution in [0.2, 0.25) is 0 Å². The van der Waals surface area contributed by atoms with Gasteiger partial charge in [-0.1, -0.05) is 22.0 Å². The number of ether oxygens (including phenoxy) is 1. The van der Waals surface area contributed by atoms with Crippen molar-refractivity contribution in [3.63, 3.8) is 0 Å². The quantitative estimate of drug-likeness (QED) is 0.791. The Morgan fingerprint density at radius 3 is 2.35 bits per heavy atom. The molecule has 0 amide bonds. The first-order valence-electron chi connectivity index (χ1n) is 6.11. The van der Waals surface area contributed by atoms with Crippen molar-refractivity contribution in [2.24, 2.45) is 0 Å². The zero-order chi connectivity index (χ0) is 17.2. The number of esters is 1. The molecule has 0 aliphatic rings. The molecule has 1 N–H and O–H groups in total. The van der Waals surface area contributed by atoms with E-state index in [2.05, 4.69) is 20.7 Å². The largest absolute Gasteiger partial charge is 0.465 e. The van der Waals surface area contributed by atoms with Crippen LogP contribution in [0.3, 0.4) is 0 Å². The van der Waals surface area contributed by atoms with Crippen molar-refractivity contribution in [2.75, 3.05) is 11.8 Å². The van der Waals surface area contributed by atoms with Gasteiger partial charge in [-0.15, -0.1) is 0 Å². The van der Waals surface area contributed by atoms with E-state index in [1.165, 1.54) is 18.2 Å². The van der Waals surface area contributed by atoms with E-state index in [9.17, 15) is 22.0 Å². The van der Waals surface area contributed by atoms with Gasteiger partial charge in [0.25, 0.3) is 10.0 Å². The number of sulfonamides is 1. The summed E-state index contributed by atoms with van der Waals surface area (Å²) < 4.78 is 58.9. The van der Waals surface area contributed by atoms with Crippen molar-refractivity contribution in [3.8, 4) is 0 Å². The molecule has 122 valence electrons. The highest BCUT2D eigenvalue weighted by Gasteiger charge is 2.26.